The minimum absolute atomic E-state index is 0.140. The van der Waals surface area contributed by atoms with E-state index < -0.39 is 6.10 Å². The summed E-state index contributed by atoms with van der Waals surface area (Å²) < 4.78 is 13.3. The lowest BCUT2D eigenvalue weighted by molar-refractivity contribution is 0.125. The maximum absolute atomic E-state index is 10.4. The molecule has 2 aromatic carbocycles. The minimum atomic E-state index is -0.450. The second kappa shape index (κ2) is 20.7. The van der Waals surface area contributed by atoms with Crippen LogP contribution in [0.5, 0.6) is 11.5 Å². The molecule has 2 unspecified atom stereocenters. The molecule has 0 radical (unpaired) electrons. The highest BCUT2D eigenvalue weighted by molar-refractivity contribution is 8.20. The normalized spacial score (nSPS) is 17.1. The summed E-state index contributed by atoms with van der Waals surface area (Å²) in [5.74, 6) is 11.0. The molecule has 4 rings (SSSR count). The average Bonchev–Trinajstić information content (AvgIpc) is 3.72. The number of benzene rings is 2. The molecule has 4 nitrogen and oxygen atoms in total. The number of aliphatic hydroxyl groups is 2. The number of thioether (sulfide) groups is 6. The van der Waals surface area contributed by atoms with Crippen molar-refractivity contribution in [3.63, 3.8) is 0 Å². The molecule has 0 saturated carbocycles. The summed E-state index contributed by atoms with van der Waals surface area (Å²) in [4.78, 5) is 0. The van der Waals surface area contributed by atoms with E-state index >= 15 is 0 Å². The fourth-order valence-corrected chi connectivity index (χ4v) is 13.6. The quantitative estimate of drug-likeness (QED) is 0.163. The first kappa shape index (κ1) is 40.5. The van der Waals surface area contributed by atoms with E-state index in [0.29, 0.717) is 6.61 Å². The third-order valence-corrected chi connectivity index (χ3v) is 16.8. The summed E-state index contributed by atoms with van der Waals surface area (Å²) in [6, 6.07) is 8.93. The van der Waals surface area contributed by atoms with E-state index in [0.717, 1.165) is 60.2 Å². The van der Waals surface area contributed by atoms with Crippen LogP contribution in [0.15, 0.2) is 24.3 Å². The van der Waals surface area contributed by atoms with Crippen molar-refractivity contribution in [1.82, 2.24) is 0 Å². The minimum Gasteiger partial charge on any atom is -0.496 e. The fraction of sp³-hybridized carbons (Fsp3) is 0.667. The van der Waals surface area contributed by atoms with Gasteiger partial charge in [-0.1, -0.05) is 38.1 Å². The Balaban J connectivity index is 0.000000402. The molecule has 46 heavy (non-hydrogen) atoms. The molecule has 2 heterocycles. The second-order valence-corrected chi connectivity index (χ2v) is 20.7. The van der Waals surface area contributed by atoms with Crippen molar-refractivity contribution in [2.75, 3.05) is 59.7 Å². The Hall–Kier alpha value is 0.0600. The molecule has 2 N–H and O–H groups in total. The van der Waals surface area contributed by atoms with Crippen LogP contribution < -0.4 is 9.47 Å². The molecule has 0 aliphatic carbocycles. The van der Waals surface area contributed by atoms with Crippen LogP contribution >= 0.6 is 70.6 Å². The number of hydrogen-bond acceptors (Lipinski definition) is 10. The van der Waals surface area contributed by atoms with Gasteiger partial charge in [0.25, 0.3) is 0 Å². The van der Waals surface area contributed by atoms with Crippen molar-refractivity contribution in [2.24, 2.45) is 0 Å². The van der Waals surface area contributed by atoms with Gasteiger partial charge in [0.05, 0.1) is 28.5 Å². The molecule has 2 fully saturated rings. The highest BCUT2D eigenvalue weighted by atomic mass is 32.2. The Morgan fingerprint density at radius 3 is 1.57 bits per heavy atom. The van der Waals surface area contributed by atoms with Crippen molar-refractivity contribution in [3.05, 3.63) is 57.6 Å². The van der Waals surface area contributed by atoms with E-state index in [9.17, 15) is 5.11 Å². The standard InChI is InChI=1S/C28H40O3S3.C8H16OS3/c1-18-12-22(13-19(2)26(18)30-7)28(5,6)23-14-20(3)27(21(4)15-23)31-16-24(29)17-32-9-8-25-33-10-11-34-25;1-7(9)6-10-3-2-8-11-4-5-12-8/h12-15,24-25,29H,8-11,16-17H2,1-7H3;7-9H,2-6H2,1H3. The van der Waals surface area contributed by atoms with Crippen molar-refractivity contribution in [3.8, 4) is 11.5 Å². The highest BCUT2D eigenvalue weighted by Gasteiger charge is 2.26. The Kier molecular flexibility index (Phi) is 18.2. The first-order valence-corrected chi connectivity index (χ1v) is 22.8. The second-order valence-electron chi connectivity index (χ2n) is 12.6. The summed E-state index contributed by atoms with van der Waals surface area (Å²) in [6.45, 7) is 15.1. The van der Waals surface area contributed by atoms with Gasteiger partial charge >= 0.3 is 0 Å². The maximum atomic E-state index is 10.4. The topological polar surface area (TPSA) is 58.9 Å². The van der Waals surface area contributed by atoms with Crippen LogP contribution in [-0.4, -0.2) is 91.3 Å². The van der Waals surface area contributed by atoms with Gasteiger partial charge in [0.2, 0.25) is 0 Å². The molecule has 0 aromatic heterocycles. The lowest BCUT2D eigenvalue weighted by atomic mass is 9.76. The molecule has 260 valence electrons. The van der Waals surface area contributed by atoms with E-state index in [1.54, 1.807) is 7.11 Å². The number of rotatable bonds is 16. The first-order chi connectivity index (χ1) is 21.9. The largest absolute Gasteiger partial charge is 0.496 e. The summed E-state index contributed by atoms with van der Waals surface area (Å²) in [5, 5.41) is 19.5. The summed E-state index contributed by atoms with van der Waals surface area (Å²) in [7, 11) is 1.73. The van der Waals surface area contributed by atoms with Crippen LogP contribution in [0, 0.1) is 27.7 Å². The van der Waals surface area contributed by atoms with Crippen LogP contribution in [-0.2, 0) is 5.41 Å². The van der Waals surface area contributed by atoms with Crippen molar-refractivity contribution in [1.29, 1.82) is 0 Å². The molecule has 10 heteroatoms. The van der Waals surface area contributed by atoms with Crippen LogP contribution in [0.1, 0.15) is 67.0 Å². The van der Waals surface area contributed by atoms with Gasteiger partial charge in [0.1, 0.15) is 18.1 Å². The Morgan fingerprint density at radius 1 is 0.739 bits per heavy atom. The number of aliphatic hydroxyl groups excluding tert-OH is 2. The molecule has 2 atom stereocenters. The Bertz CT molecular complexity index is 1150. The van der Waals surface area contributed by atoms with Crippen LogP contribution in [0.2, 0.25) is 0 Å². The Labute approximate surface area is 305 Å². The van der Waals surface area contributed by atoms with Crippen LogP contribution in [0.3, 0.4) is 0 Å². The molecule has 0 bridgehead atoms. The van der Waals surface area contributed by atoms with Gasteiger partial charge in [-0.15, -0.1) is 47.0 Å². The number of methoxy groups -OCH3 is 1. The zero-order valence-electron chi connectivity index (χ0n) is 29.1. The molecule has 2 saturated heterocycles. The molecule has 2 aromatic rings. The van der Waals surface area contributed by atoms with E-state index in [1.165, 1.54) is 52.7 Å². The lowest BCUT2D eigenvalue weighted by Gasteiger charge is -2.29. The van der Waals surface area contributed by atoms with Crippen molar-refractivity contribution < 1.29 is 19.7 Å². The fourth-order valence-electron chi connectivity index (χ4n) is 5.55. The number of hydrogen-bond donors (Lipinski definition) is 2. The van der Waals surface area contributed by atoms with Gasteiger partial charge in [-0.2, -0.15) is 23.5 Å². The predicted molar refractivity (Wildman–Crippen MR) is 215 cm³/mol. The van der Waals surface area contributed by atoms with Crippen molar-refractivity contribution in [2.45, 2.75) is 88.1 Å². The smallest absolute Gasteiger partial charge is 0.125 e. The van der Waals surface area contributed by atoms with E-state index in [-0.39, 0.29) is 11.5 Å². The first-order valence-electron chi connectivity index (χ1n) is 16.3. The average molecular weight is 745 g/mol. The third kappa shape index (κ3) is 13.1. The zero-order valence-corrected chi connectivity index (χ0v) is 34.0. The summed E-state index contributed by atoms with van der Waals surface area (Å²) in [6.07, 6.45) is 1.93. The Morgan fingerprint density at radius 2 is 1.15 bits per heavy atom. The van der Waals surface area contributed by atoms with Crippen LogP contribution in [0.25, 0.3) is 0 Å². The maximum Gasteiger partial charge on any atom is 0.125 e. The summed E-state index contributed by atoms with van der Waals surface area (Å²) >= 11 is 12.0. The van der Waals surface area contributed by atoms with Gasteiger partial charge in [-0.25, -0.2) is 0 Å². The molecule has 2 aliphatic rings. The highest BCUT2D eigenvalue weighted by Crippen LogP contribution is 2.39. The lowest BCUT2D eigenvalue weighted by Crippen LogP contribution is -2.22. The monoisotopic (exact) mass is 744 g/mol. The number of ether oxygens (including phenoxy) is 2. The van der Waals surface area contributed by atoms with Gasteiger partial charge in [-0.05, 0) is 92.3 Å². The van der Waals surface area contributed by atoms with Crippen LogP contribution in [0.4, 0.5) is 0 Å². The van der Waals surface area contributed by atoms with Gasteiger partial charge in [-0.3, -0.25) is 0 Å². The molecular weight excluding hydrogens is 689 g/mol. The van der Waals surface area contributed by atoms with E-state index in [2.05, 4.69) is 113 Å². The van der Waals surface area contributed by atoms with Gasteiger partial charge in [0.15, 0.2) is 0 Å². The van der Waals surface area contributed by atoms with Gasteiger partial charge in [0, 0.05) is 39.9 Å². The molecule has 0 amide bonds. The summed E-state index contributed by atoms with van der Waals surface area (Å²) in [5.41, 5.74) is 6.93. The molecular formula is C36H56O4S6. The molecule has 2 aliphatic heterocycles. The zero-order chi connectivity index (χ0) is 33.7. The SMILES string of the molecule is CC(O)CSCCC1SCCS1.COc1c(C)cc(C(C)(C)c2cc(C)c(OCC(O)CSCCC3SCCS3)c(C)c2)cc1C. The van der Waals surface area contributed by atoms with E-state index in [1.807, 2.05) is 30.4 Å². The van der Waals surface area contributed by atoms with Gasteiger partial charge < -0.3 is 19.7 Å². The predicted octanol–water partition coefficient (Wildman–Crippen LogP) is 9.22. The van der Waals surface area contributed by atoms with Crippen molar-refractivity contribution >= 4 is 70.6 Å². The van der Waals surface area contributed by atoms with E-state index in [4.69, 9.17) is 14.6 Å². The third-order valence-electron chi connectivity index (χ3n) is 8.03. The molecule has 0 spiro atoms. The number of aryl methyl sites for hydroxylation is 4.